The lowest BCUT2D eigenvalue weighted by atomic mass is 10.1. The molecule has 0 heterocycles. The quantitative estimate of drug-likeness (QED) is 0.732. The number of rotatable bonds is 9. The average Bonchev–Trinajstić information content (AvgIpc) is 3.30. The Morgan fingerprint density at radius 3 is 2.61 bits per heavy atom. The van der Waals surface area contributed by atoms with E-state index in [2.05, 4.69) is 5.32 Å². The third kappa shape index (κ3) is 5.84. The number of nitrogens with one attached hydrogen (secondary N) is 1. The monoisotopic (exact) mass is 340 g/mol. The number of methoxy groups -OCH3 is 1. The number of benzene rings is 1. The second-order valence-electron chi connectivity index (χ2n) is 5.82. The number of sulfonamides is 1. The number of nitrogens with zero attached hydrogens (tertiary/aromatic N) is 1. The van der Waals surface area contributed by atoms with Gasteiger partial charge < -0.3 is 10.1 Å². The van der Waals surface area contributed by atoms with Gasteiger partial charge in [0.25, 0.3) is 0 Å². The van der Waals surface area contributed by atoms with Gasteiger partial charge in [0, 0.05) is 25.6 Å². The molecule has 1 amide bonds. The van der Waals surface area contributed by atoms with Crippen molar-refractivity contribution in [1.82, 2.24) is 9.62 Å². The molecule has 23 heavy (non-hydrogen) atoms. The van der Waals surface area contributed by atoms with Crippen LogP contribution in [0.4, 0.5) is 0 Å². The van der Waals surface area contributed by atoms with Crippen molar-refractivity contribution in [2.24, 2.45) is 0 Å². The summed E-state index contributed by atoms with van der Waals surface area (Å²) in [6.45, 7) is 0.530. The molecule has 1 N–H and O–H groups in total. The van der Waals surface area contributed by atoms with E-state index in [4.69, 9.17) is 4.74 Å². The molecule has 0 bridgehead atoms. The van der Waals surface area contributed by atoms with Crippen molar-refractivity contribution < 1.29 is 17.9 Å². The van der Waals surface area contributed by atoms with Crippen molar-refractivity contribution in [2.75, 3.05) is 26.5 Å². The Morgan fingerprint density at radius 2 is 2.00 bits per heavy atom. The molecule has 0 radical (unpaired) electrons. The molecule has 128 valence electrons. The van der Waals surface area contributed by atoms with E-state index in [0.717, 1.165) is 24.2 Å². The van der Waals surface area contributed by atoms with Crippen molar-refractivity contribution >= 4 is 15.9 Å². The highest BCUT2D eigenvalue weighted by molar-refractivity contribution is 7.88. The van der Waals surface area contributed by atoms with E-state index in [1.807, 2.05) is 24.3 Å². The Balaban J connectivity index is 1.91. The number of carbonyl (C=O) groups is 1. The van der Waals surface area contributed by atoms with Gasteiger partial charge in [-0.05, 0) is 30.9 Å². The zero-order valence-corrected chi connectivity index (χ0v) is 14.4. The molecule has 0 atom stereocenters. The molecule has 2 rings (SSSR count). The van der Waals surface area contributed by atoms with E-state index in [1.165, 1.54) is 10.6 Å². The summed E-state index contributed by atoms with van der Waals surface area (Å²) in [5.74, 6) is 0.658. The molecule has 1 saturated carbocycles. The highest BCUT2D eigenvalue weighted by Gasteiger charge is 2.24. The molecule has 1 aromatic carbocycles. The van der Waals surface area contributed by atoms with Gasteiger partial charge in [-0.3, -0.25) is 4.79 Å². The summed E-state index contributed by atoms with van der Waals surface area (Å²) < 4.78 is 30.5. The van der Waals surface area contributed by atoms with Gasteiger partial charge in [0.2, 0.25) is 15.9 Å². The van der Waals surface area contributed by atoms with Gasteiger partial charge in [-0.1, -0.05) is 18.2 Å². The number of ether oxygens (including phenoxy) is 1. The molecular formula is C16H24N2O4S. The Kier molecular flexibility index (Phi) is 6.01. The van der Waals surface area contributed by atoms with Crippen LogP contribution in [0, 0.1) is 0 Å². The summed E-state index contributed by atoms with van der Waals surface area (Å²) in [5.41, 5.74) is 0.950. The van der Waals surface area contributed by atoms with E-state index < -0.39 is 10.0 Å². The van der Waals surface area contributed by atoms with Crippen molar-refractivity contribution in [3.63, 3.8) is 0 Å². The van der Waals surface area contributed by atoms with Gasteiger partial charge >= 0.3 is 0 Å². The summed E-state index contributed by atoms with van der Waals surface area (Å²) in [6, 6.07) is 7.83. The normalized spacial score (nSPS) is 14.7. The summed E-state index contributed by atoms with van der Waals surface area (Å²) in [5, 5.41) is 2.87. The maximum atomic E-state index is 11.9. The minimum absolute atomic E-state index is 0.0848. The molecule has 0 unspecified atom stereocenters. The Morgan fingerprint density at radius 1 is 1.30 bits per heavy atom. The molecule has 0 aliphatic heterocycles. The van der Waals surface area contributed by atoms with E-state index in [9.17, 15) is 13.2 Å². The van der Waals surface area contributed by atoms with Crippen LogP contribution in [0.2, 0.25) is 0 Å². The van der Waals surface area contributed by atoms with Gasteiger partial charge in [0.05, 0.1) is 13.4 Å². The van der Waals surface area contributed by atoms with Crippen LogP contribution in [0.25, 0.3) is 0 Å². The van der Waals surface area contributed by atoms with E-state index in [-0.39, 0.29) is 18.9 Å². The first-order valence-corrected chi connectivity index (χ1v) is 9.61. The largest absolute Gasteiger partial charge is 0.496 e. The fraction of sp³-hybridized carbons (Fsp3) is 0.562. The third-order valence-corrected chi connectivity index (χ3v) is 5.13. The van der Waals surface area contributed by atoms with Crippen LogP contribution in [0.5, 0.6) is 5.75 Å². The molecule has 1 aromatic rings. The van der Waals surface area contributed by atoms with Gasteiger partial charge in [-0.25, -0.2) is 12.7 Å². The van der Waals surface area contributed by atoms with Crippen LogP contribution >= 0.6 is 0 Å². The highest BCUT2D eigenvalue weighted by Crippen LogP contribution is 2.19. The number of para-hydroxylation sites is 1. The van der Waals surface area contributed by atoms with Gasteiger partial charge in [-0.2, -0.15) is 0 Å². The molecule has 0 spiro atoms. The van der Waals surface area contributed by atoms with Crippen molar-refractivity contribution in [3.05, 3.63) is 29.8 Å². The van der Waals surface area contributed by atoms with Crippen LogP contribution < -0.4 is 10.1 Å². The Labute approximate surface area is 137 Å². The Hall–Kier alpha value is -1.60. The molecule has 1 aliphatic rings. The molecule has 1 aliphatic carbocycles. The minimum Gasteiger partial charge on any atom is -0.496 e. The predicted octanol–water partition coefficient (Wildman–Crippen LogP) is 1.17. The summed E-state index contributed by atoms with van der Waals surface area (Å²) >= 11 is 0. The first-order valence-electron chi connectivity index (χ1n) is 7.76. The average molecular weight is 340 g/mol. The van der Waals surface area contributed by atoms with Gasteiger partial charge in [0.1, 0.15) is 5.75 Å². The fourth-order valence-electron chi connectivity index (χ4n) is 2.35. The summed E-state index contributed by atoms with van der Waals surface area (Å²) in [6.07, 6.45) is 3.95. The second kappa shape index (κ2) is 7.79. The summed E-state index contributed by atoms with van der Waals surface area (Å²) in [7, 11) is -1.76. The highest BCUT2D eigenvalue weighted by atomic mass is 32.2. The van der Waals surface area contributed by atoms with Crippen molar-refractivity contribution in [2.45, 2.75) is 31.7 Å². The maximum Gasteiger partial charge on any atom is 0.221 e. The molecule has 1 fully saturated rings. The Bertz CT molecular complexity index is 641. The van der Waals surface area contributed by atoms with Gasteiger partial charge in [-0.15, -0.1) is 0 Å². The topological polar surface area (TPSA) is 75.7 Å². The molecule has 0 saturated heterocycles. The number of hydrogen-bond acceptors (Lipinski definition) is 4. The van der Waals surface area contributed by atoms with Crippen LogP contribution in [-0.2, 0) is 21.2 Å². The molecule has 6 nitrogen and oxygen atoms in total. The number of carbonyl (C=O) groups excluding carboxylic acids is 1. The van der Waals surface area contributed by atoms with Gasteiger partial charge in [0.15, 0.2) is 0 Å². The number of amides is 1. The first-order chi connectivity index (χ1) is 10.9. The molecular weight excluding hydrogens is 316 g/mol. The SMILES string of the molecule is COc1ccccc1CCN(CCC(=O)NC1CC1)S(C)(=O)=O. The number of hydrogen-bond donors (Lipinski definition) is 1. The smallest absolute Gasteiger partial charge is 0.221 e. The zero-order valence-electron chi connectivity index (χ0n) is 13.6. The third-order valence-electron chi connectivity index (χ3n) is 3.82. The van der Waals surface area contributed by atoms with Crippen molar-refractivity contribution in [3.8, 4) is 5.75 Å². The summed E-state index contributed by atoms with van der Waals surface area (Å²) in [4.78, 5) is 11.7. The molecule has 0 aromatic heterocycles. The van der Waals surface area contributed by atoms with Crippen molar-refractivity contribution in [1.29, 1.82) is 0 Å². The molecule has 7 heteroatoms. The van der Waals surface area contributed by atoms with E-state index in [1.54, 1.807) is 7.11 Å². The van der Waals surface area contributed by atoms with Crippen LogP contribution in [0.3, 0.4) is 0 Å². The predicted molar refractivity (Wildman–Crippen MR) is 88.9 cm³/mol. The van der Waals surface area contributed by atoms with E-state index >= 15 is 0 Å². The lowest BCUT2D eigenvalue weighted by molar-refractivity contribution is -0.121. The lowest BCUT2D eigenvalue weighted by Gasteiger charge is -2.20. The standard InChI is InChI=1S/C16H24N2O4S/c1-22-15-6-4-3-5-13(15)9-11-18(23(2,20)21)12-10-16(19)17-14-7-8-14/h3-6,14H,7-12H2,1-2H3,(H,17,19). The van der Waals surface area contributed by atoms with Crippen LogP contribution in [-0.4, -0.2) is 51.1 Å². The van der Waals surface area contributed by atoms with Crippen LogP contribution in [0.15, 0.2) is 24.3 Å². The van der Waals surface area contributed by atoms with E-state index in [0.29, 0.717) is 19.0 Å². The lowest BCUT2D eigenvalue weighted by Crippen LogP contribution is -2.36. The fourth-order valence-corrected chi connectivity index (χ4v) is 3.20. The maximum absolute atomic E-state index is 11.9. The second-order valence-corrected chi connectivity index (χ2v) is 7.80. The first kappa shape index (κ1) is 17.7. The van der Waals surface area contributed by atoms with Crippen LogP contribution in [0.1, 0.15) is 24.8 Å². The minimum atomic E-state index is -3.35. The zero-order chi connectivity index (χ0) is 16.9.